The molecule has 0 aliphatic heterocycles. The molecule has 0 unspecified atom stereocenters. The molecule has 3 aromatic rings. The fourth-order valence-corrected chi connectivity index (χ4v) is 2.45. The average molecular weight is 277 g/mol. The van der Waals surface area contributed by atoms with E-state index in [4.69, 9.17) is 0 Å². The largest absolute Gasteiger partial charge is 0.291 e. The molecule has 0 atom stereocenters. The third-order valence-corrected chi connectivity index (χ3v) is 3.49. The van der Waals surface area contributed by atoms with Crippen LogP contribution in [0.2, 0.25) is 0 Å². The van der Waals surface area contributed by atoms with E-state index >= 15 is 0 Å². The van der Waals surface area contributed by atoms with Crippen molar-refractivity contribution in [3.8, 4) is 0 Å². The highest BCUT2D eigenvalue weighted by Crippen LogP contribution is 2.27. The van der Waals surface area contributed by atoms with Crippen molar-refractivity contribution in [3.63, 3.8) is 0 Å². The second kappa shape index (κ2) is 5.71. The molecule has 0 spiro atoms. The molecule has 1 heterocycles. The van der Waals surface area contributed by atoms with E-state index in [1.807, 2.05) is 60.7 Å². The second-order valence-electron chi connectivity index (χ2n) is 4.86. The molecule has 104 valence electrons. The van der Waals surface area contributed by atoms with Crippen LogP contribution in [0, 0.1) is 0 Å². The number of Topliss-reactive ketones (excluding diaryl/α,β-unsaturated/α-hetero) is 1. The van der Waals surface area contributed by atoms with E-state index < -0.39 is 0 Å². The highest BCUT2D eigenvalue weighted by molar-refractivity contribution is 6.01. The quantitative estimate of drug-likeness (QED) is 0.689. The van der Waals surface area contributed by atoms with Crippen molar-refractivity contribution in [1.29, 1.82) is 0 Å². The van der Waals surface area contributed by atoms with Gasteiger partial charge in [0.15, 0.2) is 5.78 Å². The molecule has 1 aromatic heterocycles. The normalized spacial score (nSPS) is 10.8. The number of aromatic nitrogens is 3. The molecule has 0 aliphatic rings. The van der Waals surface area contributed by atoms with Gasteiger partial charge >= 0.3 is 0 Å². The minimum Gasteiger partial charge on any atom is -0.291 e. The van der Waals surface area contributed by atoms with Gasteiger partial charge in [-0.05, 0) is 11.1 Å². The molecule has 0 aliphatic carbocycles. The summed E-state index contributed by atoms with van der Waals surface area (Å²) in [5.41, 5.74) is 2.44. The van der Waals surface area contributed by atoms with E-state index in [0.29, 0.717) is 5.69 Å². The smallest absolute Gasteiger partial charge is 0.194 e. The topological polar surface area (TPSA) is 47.8 Å². The zero-order valence-electron chi connectivity index (χ0n) is 11.7. The summed E-state index contributed by atoms with van der Waals surface area (Å²) in [5.74, 6) is -0.343. The molecule has 4 heteroatoms. The lowest BCUT2D eigenvalue weighted by atomic mass is 9.86. The first-order chi connectivity index (χ1) is 10.3. The fourth-order valence-electron chi connectivity index (χ4n) is 2.45. The first kappa shape index (κ1) is 13.2. The molecule has 0 saturated carbocycles. The number of ketones is 1. The molecule has 2 aromatic carbocycles. The van der Waals surface area contributed by atoms with Crippen LogP contribution in [0.15, 0.2) is 66.9 Å². The molecule has 0 saturated heterocycles. The maximum Gasteiger partial charge on any atom is 0.194 e. The summed E-state index contributed by atoms with van der Waals surface area (Å²) in [4.78, 5) is 12.9. The summed E-state index contributed by atoms with van der Waals surface area (Å²) in [7, 11) is 1.73. The van der Waals surface area contributed by atoms with Gasteiger partial charge < -0.3 is 0 Å². The third kappa shape index (κ3) is 2.60. The van der Waals surface area contributed by atoms with Crippen LogP contribution in [0.25, 0.3) is 0 Å². The highest BCUT2D eigenvalue weighted by Gasteiger charge is 2.26. The Morgan fingerprint density at radius 1 is 0.952 bits per heavy atom. The van der Waals surface area contributed by atoms with Gasteiger partial charge in [-0.3, -0.25) is 4.79 Å². The van der Waals surface area contributed by atoms with Crippen LogP contribution in [0.5, 0.6) is 0 Å². The first-order valence-electron chi connectivity index (χ1n) is 6.76. The number of benzene rings is 2. The number of aryl methyl sites for hydroxylation is 1. The van der Waals surface area contributed by atoms with Crippen molar-refractivity contribution in [1.82, 2.24) is 15.0 Å². The molecular formula is C17H15N3O. The lowest BCUT2D eigenvalue weighted by Crippen LogP contribution is -2.17. The SMILES string of the molecule is Cn1nncc1C(=O)C(c1ccccc1)c1ccccc1. The number of hydrogen-bond acceptors (Lipinski definition) is 3. The van der Waals surface area contributed by atoms with Crippen LogP contribution in [0.4, 0.5) is 0 Å². The zero-order chi connectivity index (χ0) is 14.7. The van der Waals surface area contributed by atoms with Gasteiger partial charge in [0.05, 0.1) is 12.1 Å². The molecular weight excluding hydrogens is 262 g/mol. The minimum absolute atomic E-state index is 0.0000926. The lowest BCUT2D eigenvalue weighted by molar-refractivity contribution is 0.0964. The van der Waals surface area contributed by atoms with E-state index in [9.17, 15) is 4.79 Å². The first-order valence-corrected chi connectivity index (χ1v) is 6.76. The molecule has 3 rings (SSSR count). The maximum atomic E-state index is 12.9. The van der Waals surface area contributed by atoms with Gasteiger partial charge in [-0.2, -0.15) is 0 Å². The monoisotopic (exact) mass is 277 g/mol. The Bertz CT molecular complexity index is 695. The Hall–Kier alpha value is -2.75. The fraction of sp³-hybridized carbons (Fsp3) is 0.118. The number of rotatable bonds is 4. The van der Waals surface area contributed by atoms with Crippen molar-refractivity contribution in [2.24, 2.45) is 7.05 Å². The lowest BCUT2D eigenvalue weighted by Gasteiger charge is -2.16. The van der Waals surface area contributed by atoms with Crippen LogP contribution in [0.1, 0.15) is 27.5 Å². The Morgan fingerprint density at radius 3 is 1.90 bits per heavy atom. The van der Waals surface area contributed by atoms with Crippen molar-refractivity contribution in [2.75, 3.05) is 0 Å². The number of nitrogens with zero attached hydrogens (tertiary/aromatic N) is 3. The molecule has 0 amide bonds. The maximum absolute atomic E-state index is 12.9. The van der Waals surface area contributed by atoms with Crippen LogP contribution >= 0.6 is 0 Å². The van der Waals surface area contributed by atoms with Crippen LogP contribution in [-0.4, -0.2) is 20.8 Å². The Kier molecular flexibility index (Phi) is 3.60. The Balaban J connectivity index is 2.09. The second-order valence-corrected chi connectivity index (χ2v) is 4.86. The summed E-state index contributed by atoms with van der Waals surface area (Å²) in [6, 6.07) is 19.6. The minimum atomic E-state index is -0.343. The number of carbonyl (C=O) groups excluding carboxylic acids is 1. The van der Waals surface area contributed by atoms with Gasteiger partial charge in [-0.25, -0.2) is 4.68 Å². The van der Waals surface area contributed by atoms with E-state index in [0.717, 1.165) is 11.1 Å². The predicted molar refractivity (Wildman–Crippen MR) is 80.1 cm³/mol. The zero-order valence-corrected chi connectivity index (χ0v) is 11.7. The Labute approximate surface area is 123 Å². The summed E-state index contributed by atoms with van der Waals surface area (Å²) in [6.45, 7) is 0. The summed E-state index contributed by atoms with van der Waals surface area (Å²) >= 11 is 0. The van der Waals surface area contributed by atoms with Gasteiger partial charge in [0, 0.05) is 7.05 Å². The van der Waals surface area contributed by atoms with Gasteiger partial charge in [0.25, 0.3) is 0 Å². The number of carbonyl (C=O) groups is 1. The van der Waals surface area contributed by atoms with E-state index in [-0.39, 0.29) is 11.7 Å². The molecule has 0 bridgehead atoms. The van der Waals surface area contributed by atoms with Gasteiger partial charge in [-0.15, -0.1) is 5.10 Å². The van der Waals surface area contributed by atoms with Crippen LogP contribution < -0.4 is 0 Å². The van der Waals surface area contributed by atoms with Crippen LogP contribution in [0.3, 0.4) is 0 Å². The van der Waals surface area contributed by atoms with Gasteiger partial charge in [0.1, 0.15) is 5.69 Å². The van der Waals surface area contributed by atoms with E-state index in [2.05, 4.69) is 10.3 Å². The number of hydrogen-bond donors (Lipinski definition) is 0. The summed E-state index contributed by atoms with van der Waals surface area (Å²) in [6.07, 6.45) is 1.52. The standard InChI is InChI=1S/C17H15N3O/c1-20-15(12-18-19-20)17(21)16(13-8-4-2-5-9-13)14-10-6-3-7-11-14/h2-12,16H,1H3. The molecule has 0 radical (unpaired) electrons. The van der Waals surface area contributed by atoms with Gasteiger partial charge in [0.2, 0.25) is 0 Å². The van der Waals surface area contributed by atoms with Crippen molar-refractivity contribution in [3.05, 3.63) is 83.7 Å². The van der Waals surface area contributed by atoms with E-state index in [1.54, 1.807) is 7.05 Å². The Morgan fingerprint density at radius 2 is 1.48 bits per heavy atom. The van der Waals surface area contributed by atoms with Gasteiger partial charge in [-0.1, -0.05) is 65.9 Å². The van der Waals surface area contributed by atoms with E-state index in [1.165, 1.54) is 10.9 Å². The summed E-state index contributed by atoms with van der Waals surface area (Å²) < 4.78 is 1.52. The molecule has 0 fully saturated rings. The average Bonchev–Trinajstić information content (AvgIpc) is 2.96. The highest BCUT2D eigenvalue weighted by atomic mass is 16.1. The van der Waals surface area contributed by atoms with Crippen LogP contribution in [-0.2, 0) is 7.05 Å². The molecule has 4 nitrogen and oxygen atoms in total. The molecule has 21 heavy (non-hydrogen) atoms. The predicted octanol–water partition coefficient (Wildman–Crippen LogP) is 2.83. The molecule has 0 N–H and O–H groups in total. The van der Waals surface area contributed by atoms with Crippen molar-refractivity contribution >= 4 is 5.78 Å². The third-order valence-electron chi connectivity index (χ3n) is 3.49. The van der Waals surface area contributed by atoms with Crippen molar-refractivity contribution in [2.45, 2.75) is 5.92 Å². The van der Waals surface area contributed by atoms with Crippen molar-refractivity contribution < 1.29 is 4.79 Å². The summed E-state index contributed by atoms with van der Waals surface area (Å²) in [5, 5.41) is 7.66.